The Labute approximate surface area is 62.2 Å². The maximum absolute atomic E-state index is 7.30. The Balaban J connectivity index is 2.78. The second-order valence-corrected chi connectivity index (χ2v) is 2.38. The van der Waals surface area contributed by atoms with E-state index in [0.29, 0.717) is 10.7 Å². The lowest BCUT2D eigenvalue weighted by molar-refractivity contribution is 1.08. The van der Waals surface area contributed by atoms with Gasteiger partial charge < -0.3 is 0 Å². The van der Waals surface area contributed by atoms with Crippen molar-refractivity contribution >= 4 is 23.3 Å². The summed E-state index contributed by atoms with van der Waals surface area (Å²) in [7, 11) is 1.62. The molecule has 1 aromatic heterocycles. The highest BCUT2D eigenvalue weighted by Crippen LogP contribution is 1.99. The SMILES string of the molecule is CN=CC(=N)c1nncs1. The highest BCUT2D eigenvalue weighted by molar-refractivity contribution is 7.12. The molecule has 10 heavy (non-hydrogen) atoms. The molecule has 0 bridgehead atoms. The summed E-state index contributed by atoms with van der Waals surface area (Å²) < 4.78 is 0. The quantitative estimate of drug-likeness (QED) is 0.634. The summed E-state index contributed by atoms with van der Waals surface area (Å²) in [4.78, 5) is 3.68. The molecule has 0 fully saturated rings. The van der Waals surface area contributed by atoms with Gasteiger partial charge >= 0.3 is 0 Å². The zero-order chi connectivity index (χ0) is 7.40. The zero-order valence-electron chi connectivity index (χ0n) is 5.40. The van der Waals surface area contributed by atoms with Crippen molar-refractivity contribution in [2.24, 2.45) is 4.99 Å². The van der Waals surface area contributed by atoms with Crippen molar-refractivity contribution in [3.05, 3.63) is 10.5 Å². The topological polar surface area (TPSA) is 62.0 Å². The van der Waals surface area contributed by atoms with Crippen LogP contribution in [-0.2, 0) is 0 Å². The predicted molar refractivity (Wildman–Crippen MR) is 41.2 cm³/mol. The first kappa shape index (κ1) is 7.01. The fraction of sp³-hybridized carbons (Fsp3) is 0.200. The van der Waals surface area contributed by atoms with Crippen LogP contribution in [0.2, 0.25) is 0 Å². The van der Waals surface area contributed by atoms with E-state index in [2.05, 4.69) is 15.2 Å². The smallest absolute Gasteiger partial charge is 0.166 e. The van der Waals surface area contributed by atoms with Crippen molar-refractivity contribution in [2.45, 2.75) is 0 Å². The number of nitrogens with one attached hydrogen (secondary N) is 1. The summed E-state index contributed by atoms with van der Waals surface area (Å²) in [6.07, 6.45) is 1.44. The second-order valence-electron chi connectivity index (χ2n) is 1.54. The average molecular weight is 154 g/mol. The Kier molecular flexibility index (Phi) is 2.22. The van der Waals surface area contributed by atoms with Crippen LogP contribution in [0.15, 0.2) is 10.5 Å². The highest BCUT2D eigenvalue weighted by atomic mass is 32.1. The minimum Gasteiger partial charge on any atom is -0.296 e. The van der Waals surface area contributed by atoms with Crippen molar-refractivity contribution in [1.82, 2.24) is 10.2 Å². The van der Waals surface area contributed by atoms with Crippen LogP contribution in [-0.4, -0.2) is 29.2 Å². The predicted octanol–water partition coefficient (Wildman–Crippen LogP) is 0.607. The van der Waals surface area contributed by atoms with Crippen LogP contribution < -0.4 is 0 Å². The third kappa shape index (κ3) is 1.44. The molecule has 0 spiro atoms. The third-order valence-electron chi connectivity index (χ3n) is 0.849. The zero-order valence-corrected chi connectivity index (χ0v) is 6.22. The van der Waals surface area contributed by atoms with E-state index >= 15 is 0 Å². The van der Waals surface area contributed by atoms with E-state index in [9.17, 15) is 0 Å². The van der Waals surface area contributed by atoms with Gasteiger partial charge in [0.15, 0.2) is 5.01 Å². The number of aromatic nitrogens is 2. The molecule has 0 radical (unpaired) electrons. The van der Waals surface area contributed by atoms with Crippen LogP contribution in [0.25, 0.3) is 0 Å². The largest absolute Gasteiger partial charge is 0.296 e. The third-order valence-corrected chi connectivity index (χ3v) is 1.57. The minimum absolute atomic E-state index is 0.310. The molecule has 5 heteroatoms. The Morgan fingerprint density at radius 1 is 1.90 bits per heavy atom. The molecule has 1 N–H and O–H groups in total. The molecule has 0 aliphatic rings. The van der Waals surface area contributed by atoms with Crippen molar-refractivity contribution < 1.29 is 0 Å². The summed E-state index contributed by atoms with van der Waals surface area (Å²) in [6.45, 7) is 0. The van der Waals surface area contributed by atoms with E-state index in [1.807, 2.05) is 0 Å². The van der Waals surface area contributed by atoms with Crippen LogP contribution in [0.1, 0.15) is 5.01 Å². The number of rotatable bonds is 2. The maximum Gasteiger partial charge on any atom is 0.166 e. The molecule has 1 aromatic rings. The van der Waals surface area contributed by atoms with Gasteiger partial charge in [-0.2, -0.15) is 0 Å². The van der Waals surface area contributed by atoms with E-state index in [4.69, 9.17) is 5.41 Å². The molecule has 0 saturated carbocycles. The molecule has 0 amide bonds. The molecule has 0 unspecified atom stereocenters. The van der Waals surface area contributed by atoms with Gasteiger partial charge in [-0.1, -0.05) is 11.3 Å². The van der Waals surface area contributed by atoms with Crippen molar-refractivity contribution in [3.8, 4) is 0 Å². The highest BCUT2D eigenvalue weighted by Gasteiger charge is 1.99. The van der Waals surface area contributed by atoms with E-state index < -0.39 is 0 Å². The minimum atomic E-state index is 0.310. The Bertz CT molecular complexity index is 238. The number of nitrogens with zero attached hydrogens (tertiary/aromatic N) is 3. The average Bonchev–Trinajstić information content (AvgIpc) is 2.38. The standard InChI is InChI=1S/C5H6N4S/c1-7-2-4(6)5-9-8-3-10-5/h2-3,6H,1H3. The first-order chi connectivity index (χ1) is 4.84. The van der Waals surface area contributed by atoms with Crippen LogP contribution in [0.3, 0.4) is 0 Å². The second kappa shape index (κ2) is 3.17. The van der Waals surface area contributed by atoms with Gasteiger partial charge in [-0.3, -0.25) is 10.4 Å². The number of aliphatic imine (C=N–C) groups is 1. The molecule has 52 valence electrons. The molecule has 0 aliphatic carbocycles. The molecular weight excluding hydrogens is 148 g/mol. The van der Waals surface area contributed by atoms with Crippen molar-refractivity contribution in [1.29, 1.82) is 5.41 Å². The summed E-state index contributed by atoms with van der Waals surface area (Å²) >= 11 is 1.33. The van der Waals surface area contributed by atoms with Crippen LogP contribution in [0, 0.1) is 5.41 Å². The van der Waals surface area contributed by atoms with E-state index in [-0.39, 0.29) is 0 Å². The van der Waals surface area contributed by atoms with Crippen LogP contribution in [0.5, 0.6) is 0 Å². The van der Waals surface area contributed by atoms with Crippen LogP contribution >= 0.6 is 11.3 Å². The Morgan fingerprint density at radius 3 is 3.20 bits per heavy atom. The molecule has 0 atom stereocenters. The fourth-order valence-electron chi connectivity index (χ4n) is 0.475. The number of hydrogen-bond donors (Lipinski definition) is 1. The van der Waals surface area contributed by atoms with Gasteiger partial charge in [0.05, 0.1) is 0 Å². The number of hydrogen-bond acceptors (Lipinski definition) is 5. The van der Waals surface area contributed by atoms with Gasteiger partial charge in [-0.05, 0) is 0 Å². The first-order valence-electron chi connectivity index (χ1n) is 2.62. The maximum atomic E-state index is 7.30. The lowest BCUT2D eigenvalue weighted by Gasteiger charge is -1.84. The lowest BCUT2D eigenvalue weighted by atomic mass is 10.4. The van der Waals surface area contributed by atoms with Gasteiger partial charge in [0.25, 0.3) is 0 Å². The summed E-state index contributed by atoms with van der Waals surface area (Å²) in [5.74, 6) is 0. The summed E-state index contributed by atoms with van der Waals surface area (Å²) in [5.41, 5.74) is 1.90. The molecule has 0 aliphatic heterocycles. The van der Waals surface area contributed by atoms with E-state index in [0.717, 1.165) is 0 Å². The van der Waals surface area contributed by atoms with Gasteiger partial charge in [-0.25, -0.2) is 0 Å². The molecule has 4 nitrogen and oxygen atoms in total. The monoisotopic (exact) mass is 154 g/mol. The fourth-order valence-corrected chi connectivity index (χ4v) is 0.943. The van der Waals surface area contributed by atoms with Gasteiger partial charge in [0.2, 0.25) is 0 Å². The summed E-state index contributed by atoms with van der Waals surface area (Å²) in [5, 5.41) is 15.2. The van der Waals surface area contributed by atoms with Gasteiger partial charge in [0.1, 0.15) is 11.2 Å². The Morgan fingerprint density at radius 2 is 2.70 bits per heavy atom. The molecule has 1 rings (SSSR count). The Hall–Kier alpha value is -1.10. The van der Waals surface area contributed by atoms with E-state index in [1.165, 1.54) is 17.6 Å². The van der Waals surface area contributed by atoms with Crippen molar-refractivity contribution in [3.63, 3.8) is 0 Å². The van der Waals surface area contributed by atoms with Crippen LogP contribution in [0.4, 0.5) is 0 Å². The molecule has 1 heterocycles. The van der Waals surface area contributed by atoms with Gasteiger partial charge in [-0.15, -0.1) is 10.2 Å². The summed E-state index contributed by atoms with van der Waals surface area (Å²) in [6, 6.07) is 0. The lowest BCUT2D eigenvalue weighted by Crippen LogP contribution is -1.98. The van der Waals surface area contributed by atoms with Gasteiger partial charge in [0, 0.05) is 13.3 Å². The first-order valence-corrected chi connectivity index (χ1v) is 3.50. The van der Waals surface area contributed by atoms with Crippen molar-refractivity contribution in [2.75, 3.05) is 7.05 Å². The molecule has 0 saturated heterocycles. The molecule has 0 aromatic carbocycles. The van der Waals surface area contributed by atoms with E-state index in [1.54, 1.807) is 12.6 Å². The molecular formula is C5H6N4S. The normalized spacial score (nSPS) is 10.5.